The molecule has 4 aromatic heterocycles. The highest BCUT2D eigenvalue weighted by molar-refractivity contribution is 8.01. The average molecular weight is 809 g/mol. The first-order valence-electron chi connectivity index (χ1n) is 21.0. The van der Waals surface area contributed by atoms with Gasteiger partial charge in [0.25, 0.3) is 0 Å². The minimum Gasteiger partial charge on any atom is -0.310 e. The number of hydrogen-bond donors (Lipinski definition) is 0. The van der Waals surface area contributed by atoms with Gasteiger partial charge in [-0.3, -0.25) is 9.97 Å². The minimum atomic E-state index is 0.0861. The van der Waals surface area contributed by atoms with Crippen LogP contribution in [0.2, 0.25) is 0 Å². The van der Waals surface area contributed by atoms with Crippen molar-refractivity contribution < 1.29 is 0 Å². The van der Waals surface area contributed by atoms with Gasteiger partial charge in [0.1, 0.15) is 0 Å². The van der Waals surface area contributed by atoms with E-state index in [9.17, 15) is 0 Å². The lowest BCUT2D eigenvalue weighted by Gasteiger charge is -2.38. The van der Waals surface area contributed by atoms with E-state index in [1.807, 2.05) is 48.3 Å². The van der Waals surface area contributed by atoms with E-state index in [2.05, 4.69) is 166 Å². The summed E-state index contributed by atoms with van der Waals surface area (Å²) in [6.07, 6.45) is 7.70. The first kappa shape index (κ1) is 33.0. The number of aromatic nitrogens is 4. The van der Waals surface area contributed by atoms with Crippen molar-refractivity contribution in [2.24, 2.45) is 0 Å². The molecular weight excluding hydrogens is 778 g/mol. The Morgan fingerprint density at radius 1 is 0.459 bits per heavy atom. The van der Waals surface area contributed by atoms with Crippen molar-refractivity contribution in [1.82, 2.24) is 19.1 Å². The molecule has 61 heavy (non-hydrogen) atoms. The summed E-state index contributed by atoms with van der Waals surface area (Å²) in [4.78, 5) is 14.3. The van der Waals surface area contributed by atoms with E-state index in [0.717, 1.165) is 0 Å². The molecule has 11 aromatic rings. The summed E-state index contributed by atoms with van der Waals surface area (Å²) in [7, 11) is 0. The third kappa shape index (κ3) is 4.08. The molecule has 4 aliphatic heterocycles. The van der Waals surface area contributed by atoms with Gasteiger partial charge >= 0.3 is 0 Å². The first-order chi connectivity index (χ1) is 30.2. The van der Waals surface area contributed by atoms with Gasteiger partial charge in [-0.25, -0.2) is 0 Å². The molecule has 0 unspecified atom stereocenters. The lowest BCUT2D eigenvalue weighted by Crippen LogP contribution is -2.63. The Kier molecular flexibility index (Phi) is 6.37. The van der Waals surface area contributed by atoms with Gasteiger partial charge in [-0.2, -0.15) is 0 Å². The van der Waals surface area contributed by atoms with Crippen LogP contribution in [0.4, 0.5) is 0 Å². The van der Waals surface area contributed by atoms with Crippen molar-refractivity contribution in [3.05, 3.63) is 170 Å². The molecule has 8 heterocycles. The molecule has 0 aliphatic carbocycles. The third-order valence-electron chi connectivity index (χ3n) is 14.0. The largest absolute Gasteiger partial charge is 0.310 e. The maximum atomic E-state index is 4.42. The number of rotatable bonds is 2. The van der Waals surface area contributed by atoms with Crippen LogP contribution in [0.15, 0.2) is 184 Å². The Labute approximate surface area is 360 Å². The molecule has 0 saturated carbocycles. The number of fused-ring (bicyclic) bond motifs is 16. The highest BCUT2D eigenvalue weighted by Crippen LogP contribution is 2.49. The van der Waals surface area contributed by atoms with Gasteiger partial charge in [-0.05, 0) is 117 Å². The van der Waals surface area contributed by atoms with Gasteiger partial charge in [0, 0.05) is 77.3 Å². The topological polar surface area (TPSA) is 35.6 Å². The van der Waals surface area contributed by atoms with E-state index < -0.39 is 0 Å². The normalized spacial score (nSPS) is 13.8. The highest BCUT2D eigenvalue weighted by Gasteiger charge is 2.45. The van der Waals surface area contributed by atoms with Crippen molar-refractivity contribution >= 4 is 113 Å². The summed E-state index contributed by atoms with van der Waals surface area (Å²) >= 11 is 3.95. The van der Waals surface area contributed by atoms with E-state index in [1.165, 1.54) is 135 Å². The molecule has 0 fully saturated rings. The van der Waals surface area contributed by atoms with Crippen LogP contribution in [0.5, 0.6) is 0 Å². The molecule has 15 rings (SSSR count). The van der Waals surface area contributed by atoms with E-state index in [4.69, 9.17) is 0 Å². The molecule has 0 spiro atoms. The Morgan fingerprint density at radius 3 is 1.36 bits per heavy atom. The van der Waals surface area contributed by atoms with Crippen LogP contribution in [0.3, 0.4) is 0 Å². The van der Waals surface area contributed by atoms with Gasteiger partial charge in [-0.15, -0.1) is 0 Å². The summed E-state index contributed by atoms with van der Waals surface area (Å²) in [5.74, 6) is 0. The lowest BCUT2D eigenvalue weighted by atomic mass is 9.32. The fraction of sp³-hybridized carbons (Fsp3) is 0.0189. The Hall–Kier alpha value is -6.73. The van der Waals surface area contributed by atoms with Crippen molar-refractivity contribution in [2.45, 2.75) is 26.5 Å². The van der Waals surface area contributed by atoms with Gasteiger partial charge in [-0.1, -0.05) is 113 Å². The van der Waals surface area contributed by atoms with Crippen molar-refractivity contribution in [2.75, 3.05) is 0 Å². The fourth-order valence-electron chi connectivity index (χ4n) is 11.7. The number of pyridine rings is 2. The Bertz CT molecular complexity index is 3560. The molecule has 0 bridgehead atoms. The summed E-state index contributed by atoms with van der Waals surface area (Å²) in [6, 6.07) is 52.7. The van der Waals surface area contributed by atoms with Crippen molar-refractivity contribution in [3.8, 4) is 33.6 Å². The molecule has 7 aromatic carbocycles. The number of para-hydroxylation sites is 4. The van der Waals surface area contributed by atoms with E-state index in [0.29, 0.717) is 0 Å². The maximum absolute atomic E-state index is 4.42. The molecule has 0 radical (unpaired) electrons. The summed E-state index contributed by atoms with van der Waals surface area (Å²) < 4.78 is 5.13. The molecule has 0 atom stereocenters. The predicted molar refractivity (Wildman–Crippen MR) is 257 cm³/mol. The molecule has 4 nitrogen and oxygen atoms in total. The second-order valence-corrected chi connectivity index (χ2v) is 18.9. The van der Waals surface area contributed by atoms with E-state index >= 15 is 0 Å². The minimum absolute atomic E-state index is 0.0861. The first-order valence-corrected chi connectivity index (χ1v) is 22.6. The lowest BCUT2D eigenvalue weighted by molar-refractivity contribution is 1.17. The summed E-state index contributed by atoms with van der Waals surface area (Å²) in [5, 5.41) is 5.23. The Morgan fingerprint density at radius 2 is 0.885 bits per heavy atom. The Balaban J connectivity index is 1.06. The second-order valence-electron chi connectivity index (χ2n) is 16.8. The molecule has 4 aliphatic rings. The summed E-state index contributed by atoms with van der Waals surface area (Å²) in [5.41, 5.74) is 22.5. The fourth-order valence-corrected chi connectivity index (χ4v) is 14.3. The van der Waals surface area contributed by atoms with Crippen LogP contribution >= 0.6 is 23.5 Å². The maximum Gasteiger partial charge on any atom is 0.249 e. The predicted octanol–water partition coefficient (Wildman–Crippen LogP) is 8.90. The smallest absolute Gasteiger partial charge is 0.249 e. The zero-order chi connectivity index (χ0) is 39.7. The molecule has 0 saturated heterocycles. The van der Waals surface area contributed by atoms with Crippen LogP contribution in [0, 0.1) is 6.92 Å². The van der Waals surface area contributed by atoms with Gasteiger partial charge in [0.2, 0.25) is 13.4 Å². The SMILES string of the molecule is Cc1c2c(cc3c1Sc1cc(-c4ccncc4)c4c5ccccc5n5c4c1B3c1ccccc1-5)B1c3ccccc3-n3c4ccccc4c4c(-c5ccncc5)cc(c1c43)S2. The van der Waals surface area contributed by atoms with Crippen LogP contribution in [-0.4, -0.2) is 32.5 Å². The van der Waals surface area contributed by atoms with Gasteiger partial charge in [0.15, 0.2) is 0 Å². The quantitative estimate of drug-likeness (QED) is 0.164. The molecule has 0 amide bonds. The molecule has 280 valence electrons. The van der Waals surface area contributed by atoms with Gasteiger partial charge < -0.3 is 9.13 Å². The van der Waals surface area contributed by atoms with Crippen molar-refractivity contribution in [1.29, 1.82) is 0 Å². The molecule has 0 N–H and O–H groups in total. The van der Waals surface area contributed by atoms with Crippen LogP contribution in [0.25, 0.3) is 77.2 Å². The van der Waals surface area contributed by atoms with Crippen LogP contribution in [-0.2, 0) is 0 Å². The zero-order valence-electron chi connectivity index (χ0n) is 32.8. The van der Waals surface area contributed by atoms with Gasteiger partial charge in [0.05, 0.1) is 22.1 Å². The molecular formula is C53H30B2N4S2. The zero-order valence-corrected chi connectivity index (χ0v) is 34.5. The molecule has 8 heteroatoms. The third-order valence-corrected chi connectivity index (χ3v) is 16.6. The van der Waals surface area contributed by atoms with E-state index in [1.54, 1.807) is 0 Å². The van der Waals surface area contributed by atoms with Crippen LogP contribution in [0.1, 0.15) is 5.56 Å². The number of hydrogen-bond acceptors (Lipinski definition) is 4. The van der Waals surface area contributed by atoms with Crippen LogP contribution < -0.4 is 32.8 Å². The van der Waals surface area contributed by atoms with Crippen molar-refractivity contribution in [3.63, 3.8) is 0 Å². The standard InChI is InChI=1S/C53H30B2N4S2/c1-29-52-38(54-36-12-4-8-16-42(36)58-40-14-6-2-10-32(40)46-34(30-18-22-56-23-19-30)26-44(60-52)48(54)50(46)58)28-39-53(29)61-45-27-35(31-20-24-57-25-21-31)47-33-11-3-7-15-41(33)59-43-17-9-5-13-37(43)55(39)49(45)51(47)59/h2-28H,1H3. The average Bonchev–Trinajstić information content (AvgIpc) is 3.86. The van der Waals surface area contributed by atoms with E-state index in [-0.39, 0.29) is 13.4 Å². The summed E-state index contributed by atoms with van der Waals surface area (Å²) in [6.45, 7) is 2.57. The number of benzene rings is 7. The second kappa shape index (κ2) is 11.8. The highest BCUT2D eigenvalue weighted by atomic mass is 32.2. The number of nitrogens with zero attached hydrogens (tertiary/aromatic N) is 4. The monoisotopic (exact) mass is 808 g/mol.